The molecule has 1 saturated heterocycles. The summed E-state index contributed by atoms with van der Waals surface area (Å²) < 4.78 is 0. The van der Waals surface area contributed by atoms with Crippen molar-refractivity contribution in [2.24, 2.45) is 0 Å². The molecule has 0 saturated carbocycles. The molecule has 1 heterocycles. The highest BCUT2D eigenvalue weighted by atomic mass is 16.2. The predicted molar refractivity (Wildman–Crippen MR) is 53.3 cm³/mol. The van der Waals surface area contributed by atoms with Gasteiger partial charge < -0.3 is 4.90 Å². The van der Waals surface area contributed by atoms with E-state index < -0.39 is 0 Å². The maximum Gasteiger partial charge on any atom is 0.238 e. The first-order valence-corrected chi connectivity index (χ1v) is 5.25. The van der Waals surface area contributed by atoms with Crippen LogP contribution in [0.1, 0.15) is 40.0 Å². The predicted octanol–water partition coefficient (Wildman–Crippen LogP) is 1.34. The number of amides is 1. The Morgan fingerprint density at radius 2 is 2.31 bits per heavy atom. The second-order valence-electron chi connectivity index (χ2n) is 3.71. The summed E-state index contributed by atoms with van der Waals surface area (Å²) in [7, 11) is 0. The first-order chi connectivity index (χ1) is 6.20. The van der Waals surface area contributed by atoms with Gasteiger partial charge in [0.2, 0.25) is 5.91 Å². The molecule has 76 valence electrons. The molecule has 1 amide bonds. The zero-order chi connectivity index (χ0) is 9.84. The van der Waals surface area contributed by atoms with E-state index in [1.165, 1.54) is 0 Å². The highest BCUT2D eigenvalue weighted by Crippen LogP contribution is 2.16. The molecule has 1 N–H and O–H groups in total. The van der Waals surface area contributed by atoms with Crippen LogP contribution in [0.2, 0.25) is 0 Å². The summed E-state index contributed by atoms with van der Waals surface area (Å²) in [5.41, 5.74) is 0. The van der Waals surface area contributed by atoms with E-state index >= 15 is 0 Å². The molecule has 13 heavy (non-hydrogen) atoms. The molecule has 0 bridgehead atoms. The number of rotatable bonds is 4. The maximum absolute atomic E-state index is 11.5. The standard InChI is InChI=1S/C10H20N2O/c1-4-6-9(5-2)12-8(3)11-7-10(12)13/h8-9,11H,4-7H2,1-3H3. The van der Waals surface area contributed by atoms with E-state index in [0.717, 1.165) is 19.3 Å². The van der Waals surface area contributed by atoms with Gasteiger partial charge in [0, 0.05) is 6.04 Å². The molecule has 2 atom stereocenters. The lowest BCUT2D eigenvalue weighted by Crippen LogP contribution is -2.42. The number of carbonyl (C=O) groups excluding carboxylic acids is 1. The summed E-state index contributed by atoms with van der Waals surface area (Å²) in [5, 5.41) is 3.17. The Bertz CT molecular complexity index is 182. The number of carbonyl (C=O) groups is 1. The van der Waals surface area contributed by atoms with Gasteiger partial charge in [0.1, 0.15) is 0 Å². The lowest BCUT2D eigenvalue weighted by atomic mass is 10.1. The van der Waals surface area contributed by atoms with Gasteiger partial charge in [0.05, 0.1) is 12.7 Å². The Labute approximate surface area is 80.5 Å². The van der Waals surface area contributed by atoms with Gasteiger partial charge in [-0.25, -0.2) is 0 Å². The zero-order valence-electron chi connectivity index (χ0n) is 8.84. The van der Waals surface area contributed by atoms with Crippen LogP contribution in [-0.2, 0) is 4.79 Å². The van der Waals surface area contributed by atoms with Gasteiger partial charge in [-0.1, -0.05) is 20.3 Å². The van der Waals surface area contributed by atoms with Crippen LogP contribution in [0.25, 0.3) is 0 Å². The van der Waals surface area contributed by atoms with Crippen molar-refractivity contribution in [3.63, 3.8) is 0 Å². The van der Waals surface area contributed by atoms with Gasteiger partial charge in [-0.3, -0.25) is 10.1 Å². The molecule has 0 radical (unpaired) electrons. The summed E-state index contributed by atoms with van der Waals surface area (Å²) in [6.07, 6.45) is 3.55. The van der Waals surface area contributed by atoms with Crippen molar-refractivity contribution in [3.05, 3.63) is 0 Å². The van der Waals surface area contributed by atoms with Crippen LogP contribution in [0.15, 0.2) is 0 Å². The zero-order valence-corrected chi connectivity index (χ0v) is 8.84. The van der Waals surface area contributed by atoms with Gasteiger partial charge in [-0.2, -0.15) is 0 Å². The second-order valence-corrected chi connectivity index (χ2v) is 3.71. The van der Waals surface area contributed by atoms with Crippen molar-refractivity contribution in [1.82, 2.24) is 10.2 Å². The fourth-order valence-corrected chi connectivity index (χ4v) is 2.03. The summed E-state index contributed by atoms with van der Waals surface area (Å²) in [5.74, 6) is 0.257. The van der Waals surface area contributed by atoms with Crippen molar-refractivity contribution in [1.29, 1.82) is 0 Å². The van der Waals surface area contributed by atoms with Crippen LogP contribution in [-0.4, -0.2) is 29.6 Å². The van der Waals surface area contributed by atoms with E-state index in [0.29, 0.717) is 12.6 Å². The lowest BCUT2D eigenvalue weighted by molar-refractivity contribution is -0.130. The summed E-state index contributed by atoms with van der Waals surface area (Å²) in [6, 6.07) is 0.433. The van der Waals surface area contributed by atoms with Crippen molar-refractivity contribution in [2.45, 2.75) is 52.2 Å². The molecule has 0 aliphatic carbocycles. The normalized spacial score (nSPS) is 25.3. The number of nitrogens with one attached hydrogen (secondary N) is 1. The van der Waals surface area contributed by atoms with Gasteiger partial charge in [-0.05, 0) is 19.8 Å². The van der Waals surface area contributed by atoms with Crippen LogP contribution in [0, 0.1) is 0 Å². The average molecular weight is 184 g/mol. The molecule has 1 rings (SSSR count). The topological polar surface area (TPSA) is 32.3 Å². The van der Waals surface area contributed by atoms with Crippen LogP contribution >= 0.6 is 0 Å². The van der Waals surface area contributed by atoms with Gasteiger partial charge in [0.15, 0.2) is 0 Å². The Morgan fingerprint density at radius 3 is 2.69 bits per heavy atom. The van der Waals surface area contributed by atoms with Crippen LogP contribution in [0.4, 0.5) is 0 Å². The van der Waals surface area contributed by atoms with Gasteiger partial charge in [-0.15, -0.1) is 0 Å². The second kappa shape index (κ2) is 4.61. The molecular formula is C10H20N2O. The fourth-order valence-electron chi connectivity index (χ4n) is 2.03. The van der Waals surface area contributed by atoms with Crippen molar-refractivity contribution in [3.8, 4) is 0 Å². The molecule has 2 unspecified atom stereocenters. The van der Waals surface area contributed by atoms with Crippen LogP contribution in [0.5, 0.6) is 0 Å². The van der Waals surface area contributed by atoms with Crippen molar-refractivity contribution in [2.75, 3.05) is 6.54 Å². The number of hydrogen-bond donors (Lipinski definition) is 1. The number of nitrogens with zero attached hydrogens (tertiary/aromatic N) is 1. The third-order valence-electron chi connectivity index (χ3n) is 2.74. The maximum atomic E-state index is 11.5. The molecular weight excluding hydrogens is 164 g/mol. The van der Waals surface area contributed by atoms with E-state index in [2.05, 4.69) is 26.1 Å². The molecule has 1 aliphatic rings. The molecule has 0 aromatic carbocycles. The molecule has 3 nitrogen and oxygen atoms in total. The van der Waals surface area contributed by atoms with Gasteiger partial charge in [0.25, 0.3) is 0 Å². The molecule has 3 heteroatoms. The van der Waals surface area contributed by atoms with E-state index in [9.17, 15) is 4.79 Å². The Morgan fingerprint density at radius 1 is 1.62 bits per heavy atom. The highest BCUT2D eigenvalue weighted by molar-refractivity contribution is 5.80. The fraction of sp³-hybridized carbons (Fsp3) is 0.900. The Hall–Kier alpha value is -0.570. The van der Waals surface area contributed by atoms with E-state index in [1.807, 2.05) is 4.90 Å². The summed E-state index contributed by atoms with van der Waals surface area (Å²) in [6.45, 7) is 6.89. The SMILES string of the molecule is CCCC(CC)N1C(=O)CNC1C. The first kappa shape index (κ1) is 10.5. The minimum atomic E-state index is 0.226. The first-order valence-electron chi connectivity index (χ1n) is 5.25. The third kappa shape index (κ3) is 2.21. The lowest BCUT2D eigenvalue weighted by Gasteiger charge is -2.30. The van der Waals surface area contributed by atoms with Crippen LogP contribution in [0.3, 0.4) is 0 Å². The van der Waals surface area contributed by atoms with Crippen molar-refractivity contribution >= 4 is 5.91 Å². The quantitative estimate of drug-likeness (QED) is 0.715. The molecule has 0 aromatic heterocycles. The van der Waals surface area contributed by atoms with E-state index in [1.54, 1.807) is 0 Å². The molecule has 1 aliphatic heterocycles. The Kier molecular flexibility index (Phi) is 3.72. The minimum Gasteiger partial charge on any atom is -0.323 e. The highest BCUT2D eigenvalue weighted by Gasteiger charge is 2.31. The van der Waals surface area contributed by atoms with Gasteiger partial charge >= 0.3 is 0 Å². The monoisotopic (exact) mass is 184 g/mol. The summed E-state index contributed by atoms with van der Waals surface area (Å²) >= 11 is 0. The minimum absolute atomic E-state index is 0.226. The average Bonchev–Trinajstić information content (AvgIpc) is 2.43. The van der Waals surface area contributed by atoms with Crippen LogP contribution < -0.4 is 5.32 Å². The van der Waals surface area contributed by atoms with Crippen molar-refractivity contribution < 1.29 is 4.79 Å². The number of hydrogen-bond acceptors (Lipinski definition) is 2. The summed E-state index contributed by atoms with van der Waals surface area (Å²) in [4.78, 5) is 13.5. The smallest absolute Gasteiger partial charge is 0.238 e. The third-order valence-corrected chi connectivity index (χ3v) is 2.74. The molecule has 0 spiro atoms. The van der Waals surface area contributed by atoms with E-state index in [4.69, 9.17) is 0 Å². The van der Waals surface area contributed by atoms with E-state index in [-0.39, 0.29) is 12.1 Å². The Balaban J connectivity index is 2.60. The molecule has 1 fully saturated rings. The largest absolute Gasteiger partial charge is 0.323 e. The molecule has 0 aromatic rings.